The first-order valence-corrected chi connectivity index (χ1v) is 6.83. The quantitative estimate of drug-likeness (QED) is 0.501. The Kier molecular flexibility index (Phi) is 6.31. The number of carboxylic acids is 1. The molecule has 10 heteroatoms. The molecule has 1 aliphatic rings. The molecular formula is C10H15Cl3O7. The van der Waals surface area contributed by atoms with Crippen molar-refractivity contribution < 1.29 is 34.7 Å². The van der Waals surface area contributed by atoms with Gasteiger partial charge >= 0.3 is 5.97 Å². The molecule has 1 heterocycles. The second kappa shape index (κ2) is 6.93. The van der Waals surface area contributed by atoms with Gasteiger partial charge in [-0.05, 0) is 6.92 Å². The van der Waals surface area contributed by atoms with E-state index in [9.17, 15) is 20.1 Å². The number of ether oxygens (including phenoxy) is 2. The van der Waals surface area contributed by atoms with Gasteiger partial charge in [0.2, 0.25) is 0 Å². The molecule has 7 nitrogen and oxygen atoms in total. The Morgan fingerprint density at radius 3 is 2.30 bits per heavy atom. The van der Waals surface area contributed by atoms with E-state index in [1.807, 2.05) is 0 Å². The number of hydrogen-bond donors (Lipinski definition) is 4. The molecule has 20 heavy (non-hydrogen) atoms. The average Bonchev–Trinajstić information content (AvgIpc) is 2.34. The van der Waals surface area contributed by atoms with Gasteiger partial charge < -0.3 is 29.9 Å². The molecule has 6 atom stereocenters. The van der Waals surface area contributed by atoms with Crippen LogP contribution in [0.1, 0.15) is 6.92 Å². The fourth-order valence-electron chi connectivity index (χ4n) is 1.50. The Balaban J connectivity index is 2.72. The zero-order valence-corrected chi connectivity index (χ0v) is 12.6. The summed E-state index contributed by atoms with van der Waals surface area (Å²) in [5.74, 6) is -1.51. The number of halogens is 3. The van der Waals surface area contributed by atoms with Crippen molar-refractivity contribution in [2.45, 2.75) is 47.3 Å². The number of carbonyl (C=O) groups is 1. The minimum atomic E-state index is -1.79. The van der Waals surface area contributed by atoms with Gasteiger partial charge in [0, 0.05) is 0 Å². The lowest BCUT2D eigenvalue weighted by atomic mass is 9.99. The predicted octanol–water partition coefficient (Wildman–Crippen LogP) is -0.304. The van der Waals surface area contributed by atoms with Crippen LogP contribution in [0.25, 0.3) is 0 Å². The van der Waals surface area contributed by atoms with E-state index in [2.05, 4.69) is 0 Å². The fourth-order valence-corrected chi connectivity index (χ4v) is 1.69. The first-order chi connectivity index (χ1) is 9.08. The third-order valence-corrected chi connectivity index (χ3v) is 4.30. The maximum atomic E-state index is 10.9. The molecule has 1 saturated heterocycles. The summed E-state index contributed by atoms with van der Waals surface area (Å²) in [7, 11) is 0. The number of aliphatic hydroxyl groups is 3. The molecule has 1 aliphatic heterocycles. The lowest BCUT2D eigenvalue weighted by molar-refractivity contribution is -0.294. The van der Waals surface area contributed by atoms with Gasteiger partial charge in [-0.1, -0.05) is 23.2 Å². The fraction of sp³-hybridized carbons (Fsp3) is 0.900. The first kappa shape index (κ1) is 18.2. The molecule has 0 bridgehead atoms. The number of hydrogen-bond acceptors (Lipinski definition) is 6. The van der Waals surface area contributed by atoms with Gasteiger partial charge in [-0.15, -0.1) is 11.6 Å². The summed E-state index contributed by atoms with van der Waals surface area (Å²) in [5.41, 5.74) is 0. The van der Waals surface area contributed by atoms with E-state index in [4.69, 9.17) is 49.4 Å². The largest absolute Gasteiger partial charge is 0.479 e. The normalized spacial score (nSPS) is 36.6. The summed E-state index contributed by atoms with van der Waals surface area (Å²) < 4.78 is 8.45. The van der Waals surface area contributed by atoms with E-state index in [0.29, 0.717) is 0 Å². The van der Waals surface area contributed by atoms with Crippen LogP contribution in [-0.2, 0) is 14.3 Å². The van der Waals surface area contributed by atoms with Gasteiger partial charge in [-0.25, -0.2) is 4.79 Å². The molecule has 0 saturated carbocycles. The second-order valence-electron chi connectivity index (χ2n) is 4.42. The Bertz CT molecular complexity index is 352. The average molecular weight is 354 g/mol. The summed E-state index contributed by atoms with van der Waals surface area (Å²) in [4.78, 5) is 10.9. The monoisotopic (exact) mass is 352 g/mol. The minimum absolute atomic E-state index is 0.377. The van der Waals surface area contributed by atoms with E-state index in [-0.39, 0.29) is 6.61 Å². The number of rotatable bonds is 5. The van der Waals surface area contributed by atoms with Crippen LogP contribution < -0.4 is 0 Å². The molecule has 1 fully saturated rings. The Hall–Kier alpha value is 0.140. The summed E-state index contributed by atoms with van der Waals surface area (Å²) in [6, 6.07) is 0. The summed E-state index contributed by atoms with van der Waals surface area (Å²) in [6.45, 7) is 1.14. The van der Waals surface area contributed by atoms with Gasteiger partial charge in [0.05, 0.1) is 12.0 Å². The molecule has 0 unspecified atom stereocenters. The summed E-state index contributed by atoms with van der Waals surface area (Å²) in [5, 5.41) is 36.8. The van der Waals surface area contributed by atoms with Crippen molar-refractivity contribution >= 4 is 40.8 Å². The number of alkyl halides is 3. The van der Waals surface area contributed by atoms with Crippen LogP contribution in [-0.4, -0.2) is 73.4 Å². The molecule has 118 valence electrons. The highest BCUT2D eigenvalue weighted by molar-refractivity contribution is 6.52. The van der Waals surface area contributed by atoms with Gasteiger partial charge in [-0.2, -0.15) is 0 Å². The van der Waals surface area contributed by atoms with E-state index in [1.165, 1.54) is 6.92 Å². The van der Waals surface area contributed by atoms with Crippen LogP contribution in [0.5, 0.6) is 0 Å². The molecule has 0 radical (unpaired) electrons. The Morgan fingerprint density at radius 2 is 1.85 bits per heavy atom. The van der Waals surface area contributed by atoms with Gasteiger partial charge in [-0.3, -0.25) is 0 Å². The van der Waals surface area contributed by atoms with Crippen LogP contribution in [0.4, 0.5) is 0 Å². The number of aliphatic hydroxyl groups excluding tert-OH is 3. The topological polar surface area (TPSA) is 116 Å². The summed E-state index contributed by atoms with van der Waals surface area (Å²) in [6.07, 6.45) is -8.45. The molecule has 0 aromatic rings. The zero-order chi connectivity index (χ0) is 15.7. The smallest absolute Gasteiger partial charge is 0.335 e. The standard InChI is InChI=1S/C10H15Cl3O7/c1-3(11)10(12,13)2-19-9-6(16)4(14)5(15)7(20-9)8(17)18/h3-7,9,14-16H,2H2,1H3,(H,17,18)/t3-,4-,5-,6+,7-,9+/m0/s1. The molecule has 0 aromatic carbocycles. The van der Waals surface area contributed by atoms with E-state index in [0.717, 1.165) is 0 Å². The first-order valence-electron chi connectivity index (χ1n) is 5.64. The highest BCUT2D eigenvalue weighted by Crippen LogP contribution is 2.31. The SMILES string of the molecule is C[C@H](Cl)C(Cl)(Cl)CO[C@@H]1O[C@H](C(=O)O)[C@@H](O)[C@H](O)[C@H]1O. The van der Waals surface area contributed by atoms with Crippen LogP contribution in [0, 0.1) is 0 Å². The van der Waals surface area contributed by atoms with Gasteiger partial charge in [0.15, 0.2) is 16.7 Å². The summed E-state index contributed by atoms with van der Waals surface area (Å²) >= 11 is 17.4. The maximum Gasteiger partial charge on any atom is 0.335 e. The van der Waals surface area contributed by atoms with Crippen LogP contribution in [0.15, 0.2) is 0 Å². The van der Waals surface area contributed by atoms with Crippen LogP contribution in [0.3, 0.4) is 0 Å². The molecule has 0 amide bonds. The molecule has 0 aromatic heterocycles. The van der Waals surface area contributed by atoms with Crippen LogP contribution >= 0.6 is 34.8 Å². The van der Waals surface area contributed by atoms with Crippen LogP contribution in [0.2, 0.25) is 0 Å². The molecule has 1 rings (SSSR count). The lowest BCUT2D eigenvalue weighted by Crippen LogP contribution is -2.60. The van der Waals surface area contributed by atoms with Gasteiger partial charge in [0.25, 0.3) is 0 Å². The molecular weight excluding hydrogens is 338 g/mol. The lowest BCUT2D eigenvalue weighted by Gasteiger charge is -2.39. The number of aliphatic carboxylic acids is 1. The highest BCUT2D eigenvalue weighted by atomic mass is 35.5. The third-order valence-electron chi connectivity index (χ3n) is 2.83. The second-order valence-corrected chi connectivity index (χ2v) is 6.62. The van der Waals surface area contributed by atoms with Crippen molar-refractivity contribution in [3.63, 3.8) is 0 Å². The number of carboxylic acid groups (broad SMARTS) is 1. The van der Waals surface area contributed by atoms with Crippen molar-refractivity contribution in [1.29, 1.82) is 0 Å². The van der Waals surface area contributed by atoms with E-state index < -0.39 is 46.4 Å². The Labute approximate surface area is 129 Å². The third kappa shape index (κ3) is 4.08. The maximum absolute atomic E-state index is 10.9. The van der Waals surface area contributed by atoms with E-state index in [1.54, 1.807) is 0 Å². The predicted molar refractivity (Wildman–Crippen MR) is 70.0 cm³/mol. The van der Waals surface area contributed by atoms with Crippen molar-refractivity contribution in [3.05, 3.63) is 0 Å². The van der Waals surface area contributed by atoms with Gasteiger partial charge in [0.1, 0.15) is 18.3 Å². The van der Waals surface area contributed by atoms with Crippen molar-refractivity contribution in [2.75, 3.05) is 6.61 Å². The van der Waals surface area contributed by atoms with Crippen molar-refractivity contribution in [2.24, 2.45) is 0 Å². The molecule has 0 aliphatic carbocycles. The van der Waals surface area contributed by atoms with E-state index >= 15 is 0 Å². The Morgan fingerprint density at radius 1 is 1.30 bits per heavy atom. The highest BCUT2D eigenvalue weighted by Gasteiger charge is 2.48. The minimum Gasteiger partial charge on any atom is -0.479 e. The van der Waals surface area contributed by atoms with Crippen molar-refractivity contribution in [3.8, 4) is 0 Å². The molecule has 0 spiro atoms. The zero-order valence-electron chi connectivity index (χ0n) is 10.3. The molecule has 4 N–H and O–H groups in total. The van der Waals surface area contributed by atoms with Crippen molar-refractivity contribution in [1.82, 2.24) is 0 Å².